The average molecular weight is 321 g/mol. The van der Waals surface area contributed by atoms with Crippen molar-refractivity contribution in [2.45, 2.75) is 40.0 Å². The SMILES string of the molecule is CCN(C)c1cccc(NC(=O)NCC(CC)(CC)CCO)c1. The Kier molecular flexibility index (Phi) is 7.89. The lowest BCUT2D eigenvalue weighted by molar-refractivity contribution is 0.165. The number of carbonyl (C=O) groups is 1. The largest absolute Gasteiger partial charge is 0.396 e. The third-order valence-electron chi connectivity index (χ3n) is 4.79. The van der Waals surface area contributed by atoms with E-state index >= 15 is 0 Å². The van der Waals surface area contributed by atoms with Gasteiger partial charge in [0.15, 0.2) is 0 Å². The zero-order valence-corrected chi connectivity index (χ0v) is 14.9. The van der Waals surface area contributed by atoms with E-state index < -0.39 is 0 Å². The lowest BCUT2D eigenvalue weighted by Gasteiger charge is -2.31. The van der Waals surface area contributed by atoms with Crippen LogP contribution in [0.5, 0.6) is 0 Å². The highest BCUT2D eigenvalue weighted by atomic mass is 16.3. The minimum absolute atomic E-state index is 0.0314. The Hall–Kier alpha value is -1.75. The molecule has 0 bridgehead atoms. The van der Waals surface area contributed by atoms with Gasteiger partial charge in [0.2, 0.25) is 0 Å². The molecule has 23 heavy (non-hydrogen) atoms. The minimum Gasteiger partial charge on any atom is -0.396 e. The summed E-state index contributed by atoms with van der Waals surface area (Å²) in [6, 6.07) is 7.60. The lowest BCUT2D eigenvalue weighted by Crippen LogP contribution is -2.39. The van der Waals surface area contributed by atoms with Crippen molar-refractivity contribution in [3.63, 3.8) is 0 Å². The van der Waals surface area contributed by atoms with Gasteiger partial charge in [-0.25, -0.2) is 4.79 Å². The van der Waals surface area contributed by atoms with Gasteiger partial charge in [0.1, 0.15) is 0 Å². The van der Waals surface area contributed by atoms with E-state index in [0.29, 0.717) is 13.0 Å². The highest BCUT2D eigenvalue weighted by molar-refractivity contribution is 5.89. The fourth-order valence-electron chi connectivity index (χ4n) is 2.63. The van der Waals surface area contributed by atoms with E-state index in [4.69, 9.17) is 0 Å². The van der Waals surface area contributed by atoms with E-state index in [1.807, 2.05) is 31.3 Å². The van der Waals surface area contributed by atoms with Gasteiger partial charge in [-0.2, -0.15) is 0 Å². The van der Waals surface area contributed by atoms with Crippen molar-refractivity contribution >= 4 is 17.4 Å². The highest BCUT2D eigenvalue weighted by Gasteiger charge is 2.26. The summed E-state index contributed by atoms with van der Waals surface area (Å²) in [5, 5.41) is 15.1. The molecule has 5 heteroatoms. The van der Waals surface area contributed by atoms with E-state index in [1.54, 1.807) is 0 Å². The second kappa shape index (κ2) is 9.40. The Morgan fingerprint density at radius 2 is 1.96 bits per heavy atom. The third-order valence-corrected chi connectivity index (χ3v) is 4.79. The Balaban J connectivity index is 2.63. The Morgan fingerprint density at radius 3 is 2.52 bits per heavy atom. The molecule has 2 amide bonds. The molecule has 1 aromatic rings. The molecule has 0 atom stereocenters. The molecule has 3 N–H and O–H groups in total. The van der Waals surface area contributed by atoms with Crippen LogP contribution in [0.4, 0.5) is 16.2 Å². The minimum atomic E-state index is -0.203. The molecular weight excluding hydrogens is 290 g/mol. The molecule has 1 rings (SSSR count). The maximum Gasteiger partial charge on any atom is 0.319 e. The van der Waals surface area contributed by atoms with Gasteiger partial charge in [-0.1, -0.05) is 19.9 Å². The van der Waals surface area contributed by atoms with Crippen LogP contribution in [0, 0.1) is 5.41 Å². The number of hydrogen-bond acceptors (Lipinski definition) is 3. The molecule has 5 nitrogen and oxygen atoms in total. The van der Waals surface area contributed by atoms with Crippen molar-refractivity contribution in [3.05, 3.63) is 24.3 Å². The number of urea groups is 1. The first-order valence-corrected chi connectivity index (χ1v) is 8.47. The van der Waals surface area contributed by atoms with Gasteiger partial charge in [0, 0.05) is 38.1 Å². The lowest BCUT2D eigenvalue weighted by atomic mass is 9.79. The number of nitrogens with one attached hydrogen (secondary N) is 2. The van der Waals surface area contributed by atoms with E-state index in [9.17, 15) is 9.90 Å². The van der Waals surface area contributed by atoms with Crippen molar-refractivity contribution in [2.24, 2.45) is 5.41 Å². The summed E-state index contributed by atoms with van der Waals surface area (Å²) in [6.45, 7) is 7.91. The molecule has 0 aliphatic heterocycles. The van der Waals surface area contributed by atoms with Crippen molar-refractivity contribution in [1.29, 1.82) is 0 Å². The van der Waals surface area contributed by atoms with Crippen LogP contribution < -0.4 is 15.5 Å². The van der Waals surface area contributed by atoms with Crippen LogP contribution in [0.15, 0.2) is 24.3 Å². The Labute approximate surface area is 140 Å². The second-order valence-corrected chi connectivity index (χ2v) is 6.05. The number of rotatable bonds is 9. The van der Waals surface area contributed by atoms with Gasteiger partial charge in [-0.15, -0.1) is 0 Å². The summed E-state index contributed by atoms with van der Waals surface area (Å²) >= 11 is 0. The van der Waals surface area contributed by atoms with Crippen LogP contribution in [-0.4, -0.2) is 37.9 Å². The highest BCUT2D eigenvalue weighted by Crippen LogP contribution is 2.29. The predicted molar refractivity (Wildman–Crippen MR) is 97.1 cm³/mol. The van der Waals surface area contributed by atoms with E-state index in [0.717, 1.165) is 30.8 Å². The van der Waals surface area contributed by atoms with E-state index in [2.05, 4.69) is 36.3 Å². The summed E-state index contributed by atoms with van der Waals surface area (Å²) in [7, 11) is 2.02. The summed E-state index contributed by atoms with van der Waals surface area (Å²) in [5.41, 5.74) is 1.82. The molecule has 130 valence electrons. The molecule has 0 aliphatic rings. The molecule has 0 unspecified atom stereocenters. The zero-order valence-electron chi connectivity index (χ0n) is 14.9. The van der Waals surface area contributed by atoms with Crippen LogP contribution in [0.2, 0.25) is 0 Å². The number of nitrogens with zero attached hydrogens (tertiary/aromatic N) is 1. The summed E-state index contributed by atoms with van der Waals surface area (Å²) in [5.74, 6) is 0. The normalized spacial score (nSPS) is 11.2. The summed E-state index contributed by atoms with van der Waals surface area (Å²) in [6.07, 6.45) is 2.57. The van der Waals surface area contributed by atoms with Gasteiger partial charge in [0.05, 0.1) is 0 Å². The molecule has 0 saturated heterocycles. The Morgan fingerprint density at radius 1 is 1.26 bits per heavy atom. The van der Waals surface area contributed by atoms with Gasteiger partial charge >= 0.3 is 6.03 Å². The topological polar surface area (TPSA) is 64.6 Å². The number of carbonyl (C=O) groups excluding carboxylic acids is 1. The van der Waals surface area contributed by atoms with E-state index in [1.165, 1.54) is 0 Å². The van der Waals surface area contributed by atoms with Crippen LogP contribution >= 0.6 is 0 Å². The van der Waals surface area contributed by atoms with Gasteiger partial charge in [-0.05, 0) is 49.8 Å². The summed E-state index contributed by atoms with van der Waals surface area (Å²) in [4.78, 5) is 14.3. The zero-order chi connectivity index (χ0) is 17.3. The Bertz CT molecular complexity index is 487. The monoisotopic (exact) mass is 321 g/mol. The van der Waals surface area contributed by atoms with Crippen LogP contribution in [0.25, 0.3) is 0 Å². The molecule has 0 aliphatic carbocycles. The van der Waals surface area contributed by atoms with Gasteiger partial charge in [-0.3, -0.25) is 0 Å². The van der Waals surface area contributed by atoms with Crippen molar-refractivity contribution in [2.75, 3.05) is 37.0 Å². The number of amides is 2. The first-order chi connectivity index (χ1) is 11.0. The number of aliphatic hydroxyl groups excluding tert-OH is 1. The molecule has 0 saturated carbocycles. The van der Waals surface area contributed by atoms with Gasteiger partial charge < -0.3 is 20.6 Å². The molecule has 0 spiro atoms. The van der Waals surface area contributed by atoms with Crippen LogP contribution in [0.1, 0.15) is 40.0 Å². The van der Waals surface area contributed by atoms with Crippen LogP contribution in [0.3, 0.4) is 0 Å². The number of aliphatic hydroxyl groups is 1. The quantitative estimate of drug-likeness (QED) is 0.652. The molecule has 0 heterocycles. The molecule has 0 aromatic heterocycles. The molecule has 1 aromatic carbocycles. The predicted octanol–water partition coefficient (Wildman–Crippen LogP) is 3.45. The molecular formula is C18H31N3O2. The number of benzene rings is 1. The summed E-state index contributed by atoms with van der Waals surface area (Å²) < 4.78 is 0. The average Bonchev–Trinajstić information content (AvgIpc) is 2.58. The number of anilines is 2. The van der Waals surface area contributed by atoms with Crippen molar-refractivity contribution < 1.29 is 9.90 Å². The molecule has 0 radical (unpaired) electrons. The first-order valence-electron chi connectivity index (χ1n) is 8.47. The standard InChI is InChI=1S/C18H31N3O2/c1-5-18(6-2,11-12-22)14-19-17(23)20-15-9-8-10-16(13-15)21(4)7-3/h8-10,13,22H,5-7,11-12,14H2,1-4H3,(H2,19,20,23). The third kappa shape index (κ3) is 5.75. The fourth-order valence-corrected chi connectivity index (χ4v) is 2.63. The fraction of sp³-hybridized carbons (Fsp3) is 0.611. The second-order valence-electron chi connectivity index (χ2n) is 6.05. The smallest absolute Gasteiger partial charge is 0.319 e. The van der Waals surface area contributed by atoms with Crippen molar-refractivity contribution in [3.8, 4) is 0 Å². The van der Waals surface area contributed by atoms with Gasteiger partial charge in [0.25, 0.3) is 0 Å². The van der Waals surface area contributed by atoms with Crippen molar-refractivity contribution in [1.82, 2.24) is 5.32 Å². The van der Waals surface area contributed by atoms with E-state index in [-0.39, 0.29) is 18.1 Å². The maximum absolute atomic E-state index is 12.1. The number of hydrogen-bond donors (Lipinski definition) is 3. The maximum atomic E-state index is 12.1. The first kappa shape index (κ1) is 19.3. The molecule has 0 fully saturated rings. The van der Waals surface area contributed by atoms with Crippen LogP contribution in [-0.2, 0) is 0 Å².